The second-order valence-corrected chi connectivity index (χ2v) is 5.34. The lowest BCUT2D eigenvalue weighted by atomic mass is 10.2. The molecule has 0 aromatic heterocycles. The first-order valence-corrected chi connectivity index (χ1v) is 7.23. The summed E-state index contributed by atoms with van der Waals surface area (Å²) >= 11 is 11.8. The van der Waals surface area contributed by atoms with Gasteiger partial charge < -0.3 is 9.64 Å². The van der Waals surface area contributed by atoms with Gasteiger partial charge in [0.1, 0.15) is 12.6 Å². The number of hydrogen-bond acceptors (Lipinski definition) is 2. The molecular formula is C14H20Cl2NO2+. The number of carbonyl (C=O) groups excluding carboxylic acids is 1. The van der Waals surface area contributed by atoms with Crippen LogP contribution in [0.15, 0.2) is 18.2 Å². The number of nitrogens with one attached hydrogen (secondary N) is 1. The Hall–Kier alpha value is -0.770. The van der Waals surface area contributed by atoms with Crippen molar-refractivity contribution in [2.75, 3.05) is 19.6 Å². The third-order valence-electron chi connectivity index (χ3n) is 3.04. The molecule has 106 valence electrons. The molecule has 0 saturated carbocycles. The third kappa shape index (κ3) is 5.01. The molecule has 5 heteroatoms. The molecule has 0 amide bonds. The molecule has 0 unspecified atom stereocenters. The molecule has 19 heavy (non-hydrogen) atoms. The van der Waals surface area contributed by atoms with Crippen LogP contribution in [-0.4, -0.2) is 31.7 Å². The van der Waals surface area contributed by atoms with E-state index in [1.807, 2.05) is 6.92 Å². The Kier molecular flexibility index (Phi) is 6.63. The van der Waals surface area contributed by atoms with Gasteiger partial charge in [-0.1, -0.05) is 23.2 Å². The topological polar surface area (TPSA) is 30.7 Å². The first kappa shape index (κ1) is 16.3. The molecule has 0 fully saturated rings. The lowest BCUT2D eigenvalue weighted by Crippen LogP contribution is -3.12. The van der Waals surface area contributed by atoms with Crippen LogP contribution in [0.4, 0.5) is 0 Å². The smallest absolute Gasteiger partial charge is 0.340 e. The highest BCUT2D eigenvalue weighted by atomic mass is 35.5. The highest BCUT2D eigenvalue weighted by molar-refractivity contribution is 6.36. The Balaban J connectivity index is 2.63. The molecule has 0 heterocycles. The zero-order valence-corrected chi connectivity index (χ0v) is 13.0. The summed E-state index contributed by atoms with van der Waals surface area (Å²) < 4.78 is 5.40. The lowest BCUT2D eigenvalue weighted by molar-refractivity contribution is -0.899. The van der Waals surface area contributed by atoms with Gasteiger partial charge in [-0.25, -0.2) is 4.79 Å². The normalized spacial score (nSPS) is 12.5. The Morgan fingerprint density at radius 3 is 2.47 bits per heavy atom. The van der Waals surface area contributed by atoms with E-state index in [2.05, 4.69) is 13.8 Å². The summed E-state index contributed by atoms with van der Waals surface area (Å²) in [4.78, 5) is 13.4. The van der Waals surface area contributed by atoms with Crippen molar-refractivity contribution in [2.24, 2.45) is 0 Å². The first-order chi connectivity index (χ1) is 8.97. The van der Waals surface area contributed by atoms with Gasteiger partial charge in [0, 0.05) is 5.02 Å². The number of benzene rings is 1. The van der Waals surface area contributed by atoms with E-state index in [4.69, 9.17) is 27.9 Å². The van der Waals surface area contributed by atoms with Crippen LogP contribution in [0.3, 0.4) is 0 Å². The van der Waals surface area contributed by atoms with Crippen molar-refractivity contribution in [3.05, 3.63) is 33.8 Å². The van der Waals surface area contributed by atoms with Gasteiger partial charge in [-0.05, 0) is 39.0 Å². The molecule has 1 atom stereocenters. The number of esters is 1. The molecule has 1 aromatic carbocycles. The molecule has 1 rings (SSSR count). The van der Waals surface area contributed by atoms with Crippen LogP contribution in [0, 0.1) is 0 Å². The van der Waals surface area contributed by atoms with E-state index in [-0.39, 0.29) is 6.10 Å². The lowest BCUT2D eigenvalue weighted by Gasteiger charge is -2.20. The van der Waals surface area contributed by atoms with E-state index in [1.54, 1.807) is 18.2 Å². The van der Waals surface area contributed by atoms with Crippen LogP contribution in [0.5, 0.6) is 0 Å². The fraction of sp³-hybridized carbons (Fsp3) is 0.500. The zero-order chi connectivity index (χ0) is 14.4. The molecular weight excluding hydrogens is 285 g/mol. The van der Waals surface area contributed by atoms with Gasteiger partial charge in [0.25, 0.3) is 0 Å². The number of rotatable bonds is 6. The van der Waals surface area contributed by atoms with Gasteiger partial charge in [0.15, 0.2) is 0 Å². The monoisotopic (exact) mass is 304 g/mol. The fourth-order valence-electron chi connectivity index (χ4n) is 1.89. The Morgan fingerprint density at radius 1 is 1.32 bits per heavy atom. The number of halogens is 2. The van der Waals surface area contributed by atoms with Crippen molar-refractivity contribution < 1.29 is 14.4 Å². The maximum atomic E-state index is 12.0. The predicted octanol–water partition coefficient (Wildman–Crippen LogP) is 2.46. The molecule has 1 aromatic rings. The quantitative estimate of drug-likeness (QED) is 0.819. The summed E-state index contributed by atoms with van der Waals surface area (Å²) in [7, 11) is 0. The Bertz CT molecular complexity index is 433. The van der Waals surface area contributed by atoms with Crippen molar-refractivity contribution in [1.82, 2.24) is 0 Å². The molecule has 0 saturated heterocycles. The first-order valence-electron chi connectivity index (χ1n) is 6.47. The SMILES string of the molecule is CC[NH+](CC)C[C@@H](C)OC(=O)c1ccc(Cl)cc1Cl. The average Bonchev–Trinajstić information content (AvgIpc) is 2.35. The van der Waals surface area contributed by atoms with Crippen LogP contribution in [0.1, 0.15) is 31.1 Å². The minimum Gasteiger partial charge on any atom is -0.453 e. The van der Waals surface area contributed by atoms with Crippen LogP contribution < -0.4 is 4.90 Å². The molecule has 0 aliphatic rings. The van der Waals surface area contributed by atoms with Gasteiger partial charge in [0.05, 0.1) is 23.7 Å². The summed E-state index contributed by atoms with van der Waals surface area (Å²) in [5.41, 5.74) is 0.354. The second kappa shape index (κ2) is 7.73. The predicted molar refractivity (Wildman–Crippen MR) is 78.3 cm³/mol. The largest absolute Gasteiger partial charge is 0.453 e. The minimum atomic E-state index is -0.402. The van der Waals surface area contributed by atoms with Gasteiger partial charge in [-0.3, -0.25) is 0 Å². The number of quaternary nitrogens is 1. The molecule has 0 aliphatic heterocycles. The van der Waals surface area contributed by atoms with E-state index in [9.17, 15) is 4.79 Å². The highest BCUT2D eigenvalue weighted by Gasteiger charge is 2.18. The fourth-order valence-corrected chi connectivity index (χ4v) is 2.37. The summed E-state index contributed by atoms with van der Waals surface area (Å²) in [6.07, 6.45) is -0.144. The van der Waals surface area contributed by atoms with E-state index < -0.39 is 5.97 Å². The number of likely N-dealkylation sites (N-methyl/N-ethyl adjacent to an activating group) is 1. The number of ether oxygens (including phenoxy) is 1. The summed E-state index contributed by atoms with van der Waals surface area (Å²) in [5.74, 6) is -0.402. The van der Waals surface area contributed by atoms with Gasteiger partial charge >= 0.3 is 5.97 Å². The maximum Gasteiger partial charge on any atom is 0.340 e. The van der Waals surface area contributed by atoms with Gasteiger partial charge in [0.2, 0.25) is 0 Å². The number of carbonyl (C=O) groups is 1. The Morgan fingerprint density at radius 2 is 1.95 bits per heavy atom. The summed E-state index contributed by atoms with van der Waals surface area (Å²) in [5, 5.41) is 0.821. The standard InChI is InChI=1S/C14H19Cl2NO2/c1-4-17(5-2)9-10(3)19-14(18)12-7-6-11(15)8-13(12)16/h6-8,10H,4-5,9H2,1-3H3/p+1/t10-/m1/s1. The molecule has 0 spiro atoms. The molecule has 0 bridgehead atoms. The van der Waals surface area contributed by atoms with Gasteiger partial charge in [-0.2, -0.15) is 0 Å². The average molecular weight is 305 g/mol. The van der Waals surface area contributed by atoms with Crippen LogP contribution in [0.2, 0.25) is 10.0 Å². The van der Waals surface area contributed by atoms with Crippen molar-refractivity contribution in [3.8, 4) is 0 Å². The van der Waals surface area contributed by atoms with Crippen molar-refractivity contribution in [3.63, 3.8) is 0 Å². The third-order valence-corrected chi connectivity index (χ3v) is 3.58. The maximum absolute atomic E-state index is 12.0. The van der Waals surface area contributed by atoms with Crippen LogP contribution >= 0.6 is 23.2 Å². The highest BCUT2D eigenvalue weighted by Crippen LogP contribution is 2.21. The second-order valence-electron chi connectivity index (χ2n) is 4.50. The molecule has 1 N–H and O–H groups in total. The molecule has 0 aliphatic carbocycles. The van der Waals surface area contributed by atoms with E-state index >= 15 is 0 Å². The van der Waals surface area contributed by atoms with Crippen molar-refractivity contribution in [2.45, 2.75) is 26.9 Å². The van der Waals surface area contributed by atoms with Crippen molar-refractivity contribution in [1.29, 1.82) is 0 Å². The van der Waals surface area contributed by atoms with E-state index in [1.165, 1.54) is 4.90 Å². The minimum absolute atomic E-state index is 0.144. The van der Waals surface area contributed by atoms with Crippen LogP contribution in [-0.2, 0) is 4.74 Å². The zero-order valence-electron chi connectivity index (χ0n) is 11.5. The summed E-state index contributed by atoms with van der Waals surface area (Å²) in [6.45, 7) is 8.95. The molecule has 3 nitrogen and oxygen atoms in total. The van der Waals surface area contributed by atoms with Crippen molar-refractivity contribution >= 4 is 29.2 Å². The van der Waals surface area contributed by atoms with E-state index in [0.29, 0.717) is 15.6 Å². The number of hydrogen-bond donors (Lipinski definition) is 1. The van der Waals surface area contributed by atoms with Crippen LogP contribution in [0.25, 0.3) is 0 Å². The Labute approximate surface area is 124 Å². The van der Waals surface area contributed by atoms with E-state index in [0.717, 1.165) is 19.6 Å². The summed E-state index contributed by atoms with van der Waals surface area (Å²) in [6, 6.07) is 4.76. The molecule has 0 radical (unpaired) electrons. The van der Waals surface area contributed by atoms with Gasteiger partial charge in [-0.15, -0.1) is 0 Å².